The molecule has 0 spiro atoms. The van der Waals surface area contributed by atoms with Gasteiger partial charge in [0.1, 0.15) is 0 Å². The normalized spacial score (nSPS) is 17.6. The lowest BCUT2D eigenvalue weighted by Crippen LogP contribution is -2.35. The molecule has 0 aliphatic carbocycles. The van der Waals surface area contributed by atoms with Gasteiger partial charge in [0, 0.05) is 49.5 Å². The SMILES string of the molecule is CCCCC1c2nc[nH]c2CCN1Cc1cccn1-c1ncccn1. The third kappa shape index (κ3) is 3.22. The maximum absolute atomic E-state index is 4.62. The number of H-pyrrole nitrogens is 1. The first-order valence-corrected chi connectivity index (χ1v) is 9.06. The van der Waals surface area contributed by atoms with Gasteiger partial charge in [0.05, 0.1) is 18.1 Å². The lowest BCUT2D eigenvalue weighted by atomic mass is 9.97. The molecule has 4 heterocycles. The maximum Gasteiger partial charge on any atom is 0.233 e. The van der Waals surface area contributed by atoms with E-state index in [1.165, 1.54) is 29.9 Å². The van der Waals surface area contributed by atoms with E-state index in [0.717, 1.165) is 31.9 Å². The second-order valence-corrected chi connectivity index (χ2v) is 6.56. The standard InChI is InChI=1S/C19H24N6/c1-2-3-7-17-18-16(22-14-23-18)8-12-24(17)13-15-6-4-11-25(15)19-20-9-5-10-21-19/h4-6,9-11,14,17H,2-3,7-8,12-13H2,1H3,(H,22,23). The van der Waals surface area contributed by atoms with Gasteiger partial charge in [0.25, 0.3) is 0 Å². The fraction of sp³-hybridized carbons (Fsp3) is 0.421. The molecule has 1 atom stereocenters. The molecule has 0 aromatic carbocycles. The first kappa shape index (κ1) is 16.0. The predicted molar refractivity (Wildman–Crippen MR) is 96.3 cm³/mol. The van der Waals surface area contributed by atoms with Gasteiger partial charge in [-0.25, -0.2) is 15.0 Å². The molecule has 0 bridgehead atoms. The van der Waals surface area contributed by atoms with Crippen molar-refractivity contribution in [3.8, 4) is 5.95 Å². The van der Waals surface area contributed by atoms with Crippen molar-refractivity contribution in [3.63, 3.8) is 0 Å². The maximum atomic E-state index is 4.62. The number of rotatable bonds is 6. The van der Waals surface area contributed by atoms with Crippen molar-refractivity contribution in [2.75, 3.05) is 6.54 Å². The zero-order valence-corrected chi connectivity index (χ0v) is 14.6. The molecule has 1 aliphatic heterocycles. The molecule has 0 saturated carbocycles. The molecule has 25 heavy (non-hydrogen) atoms. The predicted octanol–water partition coefficient (Wildman–Crippen LogP) is 3.28. The summed E-state index contributed by atoms with van der Waals surface area (Å²) in [5.41, 5.74) is 3.75. The second-order valence-electron chi connectivity index (χ2n) is 6.56. The van der Waals surface area contributed by atoms with E-state index < -0.39 is 0 Å². The number of nitrogens with zero attached hydrogens (tertiary/aromatic N) is 5. The number of imidazole rings is 1. The topological polar surface area (TPSA) is 62.6 Å². The van der Waals surface area contributed by atoms with Gasteiger partial charge >= 0.3 is 0 Å². The third-order valence-corrected chi connectivity index (χ3v) is 4.95. The molecule has 1 unspecified atom stereocenters. The van der Waals surface area contributed by atoms with Gasteiger partial charge in [-0.15, -0.1) is 0 Å². The van der Waals surface area contributed by atoms with E-state index >= 15 is 0 Å². The van der Waals surface area contributed by atoms with Crippen LogP contribution in [-0.4, -0.2) is 35.9 Å². The van der Waals surface area contributed by atoms with E-state index in [1.54, 1.807) is 12.4 Å². The van der Waals surface area contributed by atoms with E-state index in [4.69, 9.17) is 0 Å². The first-order chi connectivity index (χ1) is 12.4. The van der Waals surface area contributed by atoms with Crippen LogP contribution in [0.25, 0.3) is 5.95 Å². The summed E-state index contributed by atoms with van der Waals surface area (Å²) in [7, 11) is 0. The van der Waals surface area contributed by atoms with E-state index in [-0.39, 0.29) is 0 Å². The van der Waals surface area contributed by atoms with E-state index in [0.29, 0.717) is 6.04 Å². The summed E-state index contributed by atoms with van der Waals surface area (Å²) < 4.78 is 2.08. The molecular formula is C19H24N6. The summed E-state index contributed by atoms with van der Waals surface area (Å²) in [5, 5.41) is 0. The molecule has 6 nitrogen and oxygen atoms in total. The van der Waals surface area contributed by atoms with Crippen LogP contribution in [0.2, 0.25) is 0 Å². The van der Waals surface area contributed by atoms with Gasteiger partial charge < -0.3 is 4.98 Å². The average molecular weight is 336 g/mol. The first-order valence-electron chi connectivity index (χ1n) is 9.06. The lowest BCUT2D eigenvalue weighted by molar-refractivity contribution is 0.157. The van der Waals surface area contributed by atoms with Crippen LogP contribution in [0.1, 0.15) is 49.3 Å². The molecule has 3 aromatic heterocycles. The zero-order chi connectivity index (χ0) is 17.1. The van der Waals surface area contributed by atoms with Crippen molar-refractivity contribution in [2.24, 2.45) is 0 Å². The van der Waals surface area contributed by atoms with Gasteiger partial charge in [0.15, 0.2) is 0 Å². The highest BCUT2D eigenvalue weighted by molar-refractivity contribution is 5.23. The Hall–Kier alpha value is -2.47. The quantitative estimate of drug-likeness (QED) is 0.750. The van der Waals surface area contributed by atoms with Crippen LogP contribution >= 0.6 is 0 Å². The van der Waals surface area contributed by atoms with Crippen LogP contribution in [0.3, 0.4) is 0 Å². The van der Waals surface area contributed by atoms with Crippen LogP contribution in [0.15, 0.2) is 43.1 Å². The zero-order valence-electron chi connectivity index (χ0n) is 14.6. The largest absolute Gasteiger partial charge is 0.348 e. The van der Waals surface area contributed by atoms with E-state index in [2.05, 4.69) is 48.5 Å². The molecule has 0 fully saturated rings. The minimum Gasteiger partial charge on any atom is -0.348 e. The van der Waals surface area contributed by atoms with Gasteiger partial charge in [-0.2, -0.15) is 0 Å². The Bertz CT molecular complexity index is 806. The number of nitrogens with one attached hydrogen (secondary N) is 1. The summed E-state index contributed by atoms with van der Waals surface area (Å²) in [6, 6.07) is 6.45. The Balaban J connectivity index is 1.59. The average Bonchev–Trinajstić information content (AvgIpc) is 3.30. The number of aromatic amines is 1. The van der Waals surface area contributed by atoms with Crippen molar-refractivity contribution >= 4 is 0 Å². The fourth-order valence-electron chi connectivity index (χ4n) is 3.67. The molecule has 3 aromatic rings. The van der Waals surface area contributed by atoms with E-state index in [1.807, 2.05) is 18.6 Å². The van der Waals surface area contributed by atoms with Gasteiger partial charge in [-0.1, -0.05) is 19.8 Å². The summed E-state index contributed by atoms with van der Waals surface area (Å²) in [6.45, 7) is 4.17. The van der Waals surface area contributed by atoms with Crippen molar-refractivity contribution < 1.29 is 0 Å². The second kappa shape index (κ2) is 7.19. The molecule has 0 amide bonds. The van der Waals surface area contributed by atoms with Crippen molar-refractivity contribution in [2.45, 2.75) is 45.2 Å². The fourth-order valence-corrected chi connectivity index (χ4v) is 3.67. The summed E-state index contributed by atoms with van der Waals surface area (Å²) in [6.07, 6.45) is 12.1. The summed E-state index contributed by atoms with van der Waals surface area (Å²) in [5.74, 6) is 0.727. The molecular weight excluding hydrogens is 312 g/mol. The Kier molecular flexibility index (Phi) is 4.61. The Labute approximate surface area is 148 Å². The van der Waals surface area contributed by atoms with Crippen LogP contribution in [-0.2, 0) is 13.0 Å². The van der Waals surface area contributed by atoms with Crippen molar-refractivity contribution in [3.05, 3.63) is 60.2 Å². The van der Waals surface area contributed by atoms with Crippen LogP contribution in [0.5, 0.6) is 0 Å². The van der Waals surface area contributed by atoms with Crippen LogP contribution in [0.4, 0.5) is 0 Å². The highest BCUT2D eigenvalue weighted by Crippen LogP contribution is 2.32. The number of unbranched alkanes of at least 4 members (excludes halogenated alkanes) is 1. The number of aromatic nitrogens is 5. The highest BCUT2D eigenvalue weighted by Gasteiger charge is 2.29. The summed E-state index contributed by atoms with van der Waals surface area (Å²) >= 11 is 0. The van der Waals surface area contributed by atoms with Gasteiger partial charge in [0.2, 0.25) is 5.95 Å². The Morgan fingerprint density at radius 3 is 2.92 bits per heavy atom. The smallest absolute Gasteiger partial charge is 0.233 e. The molecule has 1 aliphatic rings. The lowest BCUT2D eigenvalue weighted by Gasteiger charge is -2.35. The number of hydrogen-bond acceptors (Lipinski definition) is 4. The van der Waals surface area contributed by atoms with Crippen LogP contribution < -0.4 is 0 Å². The monoisotopic (exact) mass is 336 g/mol. The van der Waals surface area contributed by atoms with Crippen molar-refractivity contribution in [1.29, 1.82) is 0 Å². The summed E-state index contributed by atoms with van der Waals surface area (Å²) in [4.78, 5) is 19.3. The van der Waals surface area contributed by atoms with Crippen molar-refractivity contribution in [1.82, 2.24) is 29.4 Å². The molecule has 4 rings (SSSR count). The van der Waals surface area contributed by atoms with Gasteiger partial charge in [-0.05, 0) is 24.6 Å². The third-order valence-electron chi connectivity index (χ3n) is 4.95. The molecule has 6 heteroatoms. The molecule has 0 saturated heterocycles. The number of fused-ring (bicyclic) bond motifs is 1. The minimum atomic E-state index is 0.384. The Morgan fingerprint density at radius 1 is 1.20 bits per heavy atom. The highest BCUT2D eigenvalue weighted by atomic mass is 15.2. The van der Waals surface area contributed by atoms with Gasteiger partial charge in [-0.3, -0.25) is 9.47 Å². The molecule has 130 valence electrons. The minimum absolute atomic E-state index is 0.384. The molecule has 0 radical (unpaired) electrons. The molecule has 1 N–H and O–H groups in total. The van der Waals surface area contributed by atoms with E-state index in [9.17, 15) is 0 Å². The Morgan fingerprint density at radius 2 is 2.08 bits per heavy atom. The van der Waals surface area contributed by atoms with Crippen LogP contribution in [0, 0.1) is 0 Å². The number of hydrogen-bond donors (Lipinski definition) is 1.